The van der Waals surface area contributed by atoms with Crippen molar-refractivity contribution < 1.29 is 28.5 Å². The summed E-state index contributed by atoms with van der Waals surface area (Å²) in [4.78, 5) is 14.1. The highest BCUT2D eigenvalue weighted by Crippen LogP contribution is 2.44. The molecule has 1 amide bonds. The number of methoxy groups -OCH3 is 3. The number of benzene rings is 2. The molecule has 0 unspecified atom stereocenters. The predicted octanol–water partition coefficient (Wildman–Crippen LogP) is 3.39. The molecule has 0 spiro atoms. The van der Waals surface area contributed by atoms with E-state index >= 15 is 0 Å². The van der Waals surface area contributed by atoms with Crippen LogP contribution in [0.25, 0.3) is 0 Å². The van der Waals surface area contributed by atoms with Crippen LogP contribution in [0.4, 0.5) is 11.4 Å². The Hall–Kier alpha value is -2.80. The van der Waals surface area contributed by atoms with Crippen molar-refractivity contribution in [2.75, 3.05) is 45.3 Å². The van der Waals surface area contributed by atoms with Crippen molar-refractivity contribution in [3.8, 4) is 28.7 Å². The molecule has 0 saturated carbocycles. The van der Waals surface area contributed by atoms with Gasteiger partial charge in [0, 0.05) is 18.2 Å². The van der Waals surface area contributed by atoms with Gasteiger partial charge in [-0.3, -0.25) is 9.69 Å². The number of rotatable bonds is 6. The van der Waals surface area contributed by atoms with E-state index in [1.54, 1.807) is 30.3 Å². The number of fused-ring (bicyclic) bond motifs is 1. The largest absolute Gasteiger partial charge is 0.493 e. The standard InChI is InChI=1S/C19H20ClNO6/c1-23-16-9-13(10-17(24-2)19(16)25-3)21(18(22)11-20)12-4-5-14-15(8-12)27-7-6-26-14/h4-5,8-10H,6-7,11H2,1-3H3. The van der Waals surface area contributed by atoms with Gasteiger partial charge in [-0.2, -0.15) is 0 Å². The van der Waals surface area contributed by atoms with E-state index in [-0.39, 0.29) is 11.8 Å². The van der Waals surface area contributed by atoms with Gasteiger partial charge in [0.25, 0.3) is 0 Å². The van der Waals surface area contributed by atoms with Crippen molar-refractivity contribution >= 4 is 28.9 Å². The van der Waals surface area contributed by atoms with Crippen LogP contribution < -0.4 is 28.6 Å². The number of nitrogens with zero attached hydrogens (tertiary/aromatic N) is 1. The quantitative estimate of drug-likeness (QED) is 0.701. The van der Waals surface area contributed by atoms with Crippen LogP contribution >= 0.6 is 11.6 Å². The molecule has 2 aromatic carbocycles. The summed E-state index contributed by atoms with van der Waals surface area (Å²) >= 11 is 5.86. The Morgan fingerprint density at radius 3 is 2.15 bits per heavy atom. The van der Waals surface area contributed by atoms with Crippen molar-refractivity contribution in [1.82, 2.24) is 0 Å². The summed E-state index contributed by atoms with van der Waals surface area (Å²) < 4.78 is 27.3. The summed E-state index contributed by atoms with van der Waals surface area (Å²) in [5.74, 6) is 1.97. The van der Waals surface area contributed by atoms with Gasteiger partial charge in [0.15, 0.2) is 23.0 Å². The number of hydrogen-bond donors (Lipinski definition) is 0. The molecule has 1 heterocycles. The van der Waals surface area contributed by atoms with Crippen LogP contribution in [-0.2, 0) is 4.79 Å². The topological polar surface area (TPSA) is 66.5 Å². The van der Waals surface area contributed by atoms with Crippen molar-refractivity contribution in [3.05, 3.63) is 30.3 Å². The molecule has 0 fully saturated rings. The summed E-state index contributed by atoms with van der Waals surface area (Å²) in [6.07, 6.45) is 0. The zero-order valence-corrected chi connectivity index (χ0v) is 16.0. The van der Waals surface area contributed by atoms with E-state index in [0.717, 1.165) is 0 Å². The van der Waals surface area contributed by atoms with Crippen LogP contribution in [0, 0.1) is 0 Å². The molecule has 3 rings (SSSR count). The third kappa shape index (κ3) is 3.68. The van der Waals surface area contributed by atoms with Gasteiger partial charge in [0.05, 0.1) is 32.7 Å². The van der Waals surface area contributed by atoms with Crippen LogP contribution in [-0.4, -0.2) is 46.3 Å². The molecular weight excluding hydrogens is 374 g/mol. The number of ether oxygens (including phenoxy) is 5. The van der Waals surface area contributed by atoms with Crippen molar-refractivity contribution in [3.63, 3.8) is 0 Å². The minimum Gasteiger partial charge on any atom is -0.493 e. The van der Waals surface area contributed by atoms with Crippen LogP contribution in [0.5, 0.6) is 28.7 Å². The summed E-state index contributed by atoms with van der Waals surface area (Å²) in [7, 11) is 4.54. The molecule has 144 valence electrons. The molecule has 1 aliphatic rings. The minimum absolute atomic E-state index is 0.203. The monoisotopic (exact) mass is 393 g/mol. The molecule has 1 aliphatic heterocycles. The second-order valence-corrected chi connectivity index (χ2v) is 5.84. The normalized spacial score (nSPS) is 12.3. The van der Waals surface area contributed by atoms with Crippen LogP contribution in [0.15, 0.2) is 30.3 Å². The molecule has 0 aliphatic carbocycles. The average molecular weight is 394 g/mol. The number of anilines is 2. The van der Waals surface area contributed by atoms with E-state index in [9.17, 15) is 4.79 Å². The van der Waals surface area contributed by atoms with Crippen LogP contribution in [0.1, 0.15) is 0 Å². The van der Waals surface area contributed by atoms with Crippen molar-refractivity contribution in [1.29, 1.82) is 0 Å². The van der Waals surface area contributed by atoms with Gasteiger partial charge >= 0.3 is 0 Å². The van der Waals surface area contributed by atoms with Crippen LogP contribution in [0.3, 0.4) is 0 Å². The van der Waals surface area contributed by atoms with E-state index in [0.29, 0.717) is 53.3 Å². The molecule has 0 atom stereocenters. The Morgan fingerprint density at radius 2 is 1.59 bits per heavy atom. The maximum Gasteiger partial charge on any atom is 0.246 e. The first-order valence-electron chi connectivity index (χ1n) is 8.21. The zero-order chi connectivity index (χ0) is 19.4. The molecular formula is C19H20ClNO6. The number of hydrogen-bond acceptors (Lipinski definition) is 6. The summed E-state index contributed by atoms with van der Waals surface area (Å²) in [6, 6.07) is 8.63. The highest BCUT2D eigenvalue weighted by atomic mass is 35.5. The number of carbonyl (C=O) groups excluding carboxylic acids is 1. The van der Waals surface area contributed by atoms with E-state index in [1.807, 2.05) is 0 Å². The number of amides is 1. The molecule has 0 radical (unpaired) electrons. The van der Waals surface area contributed by atoms with Gasteiger partial charge in [0.1, 0.15) is 19.1 Å². The lowest BCUT2D eigenvalue weighted by molar-refractivity contribution is -0.115. The van der Waals surface area contributed by atoms with Gasteiger partial charge in [-0.15, -0.1) is 11.6 Å². The Bertz CT molecular complexity index is 816. The van der Waals surface area contributed by atoms with Crippen molar-refractivity contribution in [2.45, 2.75) is 0 Å². The average Bonchev–Trinajstić information content (AvgIpc) is 2.72. The predicted molar refractivity (Wildman–Crippen MR) is 101 cm³/mol. The van der Waals surface area contributed by atoms with E-state index in [2.05, 4.69) is 0 Å². The second-order valence-electron chi connectivity index (χ2n) is 5.57. The second kappa shape index (κ2) is 8.26. The number of carbonyl (C=O) groups is 1. The maximum atomic E-state index is 12.6. The van der Waals surface area contributed by atoms with Crippen LogP contribution in [0.2, 0.25) is 0 Å². The lowest BCUT2D eigenvalue weighted by Gasteiger charge is -2.26. The SMILES string of the molecule is COc1cc(N(C(=O)CCl)c2ccc3c(c2)OCCO3)cc(OC)c1OC. The molecule has 0 saturated heterocycles. The molecule has 0 N–H and O–H groups in total. The first kappa shape index (κ1) is 19.0. The number of halogens is 1. The third-order valence-corrected chi connectivity index (χ3v) is 4.28. The van der Waals surface area contributed by atoms with Gasteiger partial charge in [0.2, 0.25) is 11.7 Å². The fourth-order valence-electron chi connectivity index (χ4n) is 2.86. The number of alkyl halides is 1. The molecule has 0 aromatic heterocycles. The van der Waals surface area contributed by atoms with Crippen molar-refractivity contribution in [2.24, 2.45) is 0 Å². The summed E-state index contributed by atoms with van der Waals surface area (Å²) in [6.45, 7) is 0.938. The summed E-state index contributed by atoms with van der Waals surface area (Å²) in [5.41, 5.74) is 1.10. The first-order valence-corrected chi connectivity index (χ1v) is 8.75. The van der Waals surface area contributed by atoms with E-state index in [1.165, 1.54) is 26.2 Å². The smallest absolute Gasteiger partial charge is 0.246 e. The molecule has 8 heteroatoms. The minimum atomic E-state index is -0.317. The Kier molecular flexibility index (Phi) is 5.81. The molecule has 27 heavy (non-hydrogen) atoms. The van der Waals surface area contributed by atoms with E-state index < -0.39 is 0 Å². The lowest BCUT2D eigenvalue weighted by Crippen LogP contribution is -2.27. The lowest BCUT2D eigenvalue weighted by atomic mass is 10.2. The highest BCUT2D eigenvalue weighted by Gasteiger charge is 2.24. The van der Waals surface area contributed by atoms with Gasteiger partial charge in [-0.1, -0.05) is 0 Å². The maximum absolute atomic E-state index is 12.6. The van der Waals surface area contributed by atoms with E-state index in [4.69, 9.17) is 35.3 Å². The Morgan fingerprint density at radius 1 is 0.963 bits per heavy atom. The molecule has 2 aromatic rings. The summed E-state index contributed by atoms with van der Waals surface area (Å²) in [5, 5.41) is 0. The Balaban J connectivity index is 2.12. The fourth-order valence-corrected chi connectivity index (χ4v) is 2.98. The van der Waals surface area contributed by atoms with Gasteiger partial charge in [-0.25, -0.2) is 0 Å². The zero-order valence-electron chi connectivity index (χ0n) is 15.3. The van der Waals surface area contributed by atoms with Gasteiger partial charge in [-0.05, 0) is 12.1 Å². The first-order chi connectivity index (χ1) is 13.1. The molecule has 7 nitrogen and oxygen atoms in total. The van der Waals surface area contributed by atoms with Gasteiger partial charge < -0.3 is 23.7 Å². The molecule has 0 bridgehead atoms. The Labute approximate surface area is 162 Å². The highest BCUT2D eigenvalue weighted by molar-refractivity contribution is 6.30. The third-order valence-electron chi connectivity index (χ3n) is 4.06. The fraction of sp³-hybridized carbons (Fsp3) is 0.316.